The molecule has 3 amide bonds. The zero-order valence-electron chi connectivity index (χ0n) is 25.6. The lowest BCUT2D eigenvalue weighted by Gasteiger charge is -2.40. The van der Waals surface area contributed by atoms with Crippen LogP contribution in [0.3, 0.4) is 0 Å². The van der Waals surface area contributed by atoms with Crippen LogP contribution in [-0.2, 0) is 20.8 Å². The Kier molecular flexibility index (Phi) is 10.0. The summed E-state index contributed by atoms with van der Waals surface area (Å²) < 4.78 is 41.1. The van der Waals surface area contributed by atoms with Crippen LogP contribution in [0.15, 0.2) is 72.9 Å². The highest BCUT2D eigenvalue weighted by Crippen LogP contribution is 2.37. The molecule has 5 rings (SSSR count). The Morgan fingerprint density at radius 2 is 1.72 bits per heavy atom. The molecule has 0 aliphatic carbocycles. The number of urea groups is 1. The largest absolute Gasteiger partial charge is 0.493 e. The van der Waals surface area contributed by atoms with Crippen molar-refractivity contribution in [2.75, 3.05) is 37.4 Å². The molecule has 4 aromatic rings. The number of anilines is 2. The van der Waals surface area contributed by atoms with Gasteiger partial charge in [-0.2, -0.15) is 13.2 Å². The molecule has 2 heterocycles. The van der Waals surface area contributed by atoms with Crippen molar-refractivity contribution in [2.24, 2.45) is 5.92 Å². The van der Waals surface area contributed by atoms with E-state index in [2.05, 4.69) is 10.3 Å². The Morgan fingerprint density at radius 3 is 2.40 bits per heavy atom. The van der Waals surface area contributed by atoms with Crippen LogP contribution in [-0.4, -0.2) is 72.3 Å². The van der Waals surface area contributed by atoms with E-state index in [0.717, 1.165) is 5.56 Å². The quantitative estimate of drug-likeness (QED) is 0.199. The number of benzene rings is 3. The van der Waals surface area contributed by atoms with Gasteiger partial charge in [-0.25, -0.2) is 9.59 Å². The molecule has 0 radical (unpaired) electrons. The van der Waals surface area contributed by atoms with Crippen molar-refractivity contribution in [3.63, 3.8) is 0 Å². The minimum atomic E-state index is -5.47. The SMILES string of the molecule is CC(c1c[nH]c2ccccc12)C(C(=O)N1C[C@@H](CN(C)C)Cc2cc(Cl)ccc21)N(OC(=O)C(F)(F)F)C(=O)Nc1ccc(Cl)cc1. The summed E-state index contributed by atoms with van der Waals surface area (Å²) in [5.41, 5.74) is 2.61. The van der Waals surface area contributed by atoms with Gasteiger partial charge in [-0.05, 0) is 86.1 Å². The number of carbonyl (C=O) groups excluding carboxylic acids is 3. The predicted octanol–water partition coefficient (Wildman–Crippen LogP) is 7.27. The van der Waals surface area contributed by atoms with Gasteiger partial charge in [-0.1, -0.05) is 48.3 Å². The molecule has 0 fully saturated rings. The average Bonchev–Trinajstić information content (AvgIpc) is 3.44. The number of hydroxylamine groups is 2. The van der Waals surface area contributed by atoms with Crippen LogP contribution in [0.1, 0.15) is 24.0 Å². The van der Waals surface area contributed by atoms with Gasteiger partial charge in [0.1, 0.15) is 0 Å². The molecule has 14 heteroatoms. The topological polar surface area (TPSA) is 98.0 Å². The molecule has 0 saturated carbocycles. The second-order valence-corrected chi connectivity index (χ2v) is 12.6. The maximum atomic E-state index is 14.9. The third kappa shape index (κ3) is 7.66. The molecular formula is C33H32Cl2F3N5O4. The summed E-state index contributed by atoms with van der Waals surface area (Å²) in [5.74, 6) is -4.49. The number of para-hydroxylation sites is 1. The first kappa shape index (κ1) is 34.1. The normalized spacial score (nSPS) is 16.0. The second kappa shape index (κ2) is 13.8. The molecule has 9 nitrogen and oxygen atoms in total. The number of nitrogens with one attached hydrogen (secondary N) is 2. The van der Waals surface area contributed by atoms with Gasteiger partial charge < -0.3 is 24.9 Å². The zero-order valence-corrected chi connectivity index (χ0v) is 27.2. The fraction of sp³-hybridized carbons (Fsp3) is 0.303. The van der Waals surface area contributed by atoms with Crippen LogP contribution in [0.4, 0.5) is 29.3 Å². The number of aromatic nitrogens is 1. The molecule has 0 spiro atoms. The number of amides is 3. The standard InChI is InChI=1S/C33H32Cl2F3N5O4/c1-19(26-16-39-27-7-5-4-6-25(26)27)29(30(44)42-18-20(17-41(2)3)14-21-15-23(35)10-13-28(21)42)43(47-31(45)33(36,37)38)32(46)40-24-11-8-22(34)9-12-24/h4-13,15-16,19-20,29,39H,14,17-18H2,1-3H3,(H,40,46)/t19?,20-,29?/m1/s1. The molecule has 3 aromatic carbocycles. The van der Waals surface area contributed by atoms with Crippen LogP contribution in [0, 0.1) is 5.92 Å². The maximum Gasteiger partial charge on any atom is 0.493 e. The van der Waals surface area contributed by atoms with Gasteiger partial charge in [0.25, 0.3) is 5.91 Å². The lowest BCUT2D eigenvalue weighted by atomic mass is 9.88. The van der Waals surface area contributed by atoms with Gasteiger partial charge >= 0.3 is 18.2 Å². The molecule has 1 aromatic heterocycles. The summed E-state index contributed by atoms with van der Waals surface area (Å²) in [6.07, 6.45) is -3.26. The van der Waals surface area contributed by atoms with Gasteiger partial charge in [-0.15, -0.1) is 5.06 Å². The summed E-state index contributed by atoms with van der Waals surface area (Å²) in [6.45, 7) is 2.36. The molecule has 1 aliphatic heterocycles. The van der Waals surface area contributed by atoms with E-state index >= 15 is 0 Å². The van der Waals surface area contributed by atoms with Crippen molar-refractivity contribution >= 4 is 63.4 Å². The summed E-state index contributed by atoms with van der Waals surface area (Å²) in [5, 5.41) is 4.12. The van der Waals surface area contributed by atoms with Crippen molar-refractivity contribution in [2.45, 2.75) is 31.5 Å². The molecule has 0 saturated heterocycles. The second-order valence-electron chi connectivity index (χ2n) is 11.7. The van der Waals surface area contributed by atoms with Crippen molar-refractivity contribution in [1.29, 1.82) is 0 Å². The summed E-state index contributed by atoms with van der Waals surface area (Å²) >= 11 is 12.3. The van der Waals surface area contributed by atoms with E-state index in [4.69, 9.17) is 28.0 Å². The first-order valence-electron chi connectivity index (χ1n) is 14.7. The lowest BCUT2D eigenvalue weighted by molar-refractivity contribution is -0.233. The van der Waals surface area contributed by atoms with Gasteiger partial charge in [0.2, 0.25) is 0 Å². The maximum absolute atomic E-state index is 14.9. The number of H-pyrrole nitrogens is 1. The highest BCUT2D eigenvalue weighted by Gasteiger charge is 2.48. The number of fused-ring (bicyclic) bond motifs is 2. The van der Waals surface area contributed by atoms with E-state index in [9.17, 15) is 27.6 Å². The molecule has 1 aliphatic rings. The number of aromatic amines is 1. The van der Waals surface area contributed by atoms with E-state index in [1.165, 1.54) is 29.2 Å². The predicted molar refractivity (Wildman–Crippen MR) is 175 cm³/mol. The monoisotopic (exact) mass is 689 g/mol. The van der Waals surface area contributed by atoms with Crippen LogP contribution in [0.25, 0.3) is 10.9 Å². The Balaban J connectivity index is 1.65. The number of hydrogen-bond acceptors (Lipinski definition) is 5. The number of rotatable bonds is 7. The van der Waals surface area contributed by atoms with Gasteiger partial charge in [0.15, 0.2) is 6.04 Å². The van der Waals surface area contributed by atoms with E-state index in [0.29, 0.717) is 45.2 Å². The fourth-order valence-corrected chi connectivity index (χ4v) is 6.28. The number of carbonyl (C=O) groups is 3. The highest BCUT2D eigenvalue weighted by atomic mass is 35.5. The molecule has 248 valence electrons. The van der Waals surface area contributed by atoms with Crippen molar-refractivity contribution in [3.05, 3.63) is 94.1 Å². The first-order valence-corrected chi connectivity index (χ1v) is 15.4. The minimum absolute atomic E-state index is 0.0852. The Labute approximate surface area is 279 Å². The molecule has 3 atom stereocenters. The number of alkyl halides is 3. The number of hydrogen-bond donors (Lipinski definition) is 2. The van der Waals surface area contributed by atoms with Crippen LogP contribution < -0.4 is 10.2 Å². The lowest BCUT2D eigenvalue weighted by Crippen LogP contribution is -2.57. The van der Waals surface area contributed by atoms with E-state index in [1.54, 1.807) is 55.6 Å². The number of nitrogens with zero attached hydrogens (tertiary/aromatic N) is 3. The van der Waals surface area contributed by atoms with Crippen LogP contribution >= 0.6 is 23.2 Å². The minimum Gasteiger partial charge on any atom is -0.361 e. The molecule has 2 unspecified atom stereocenters. The van der Waals surface area contributed by atoms with Gasteiger partial charge in [0, 0.05) is 57.5 Å². The smallest absolute Gasteiger partial charge is 0.361 e. The summed E-state index contributed by atoms with van der Waals surface area (Å²) in [6, 6.07) is 14.9. The summed E-state index contributed by atoms with van der Waals surface area (Å²) in [7, 11) is 3.78. The molecule has 47 heavy (non-hydrogen) atoms. The first-order chi connectivity index (χ1) is 22.2. The third-order valence-corrected chi connectivity index (χ3v) is 8.46. The fourth-order valence-electron chi connectivity index (χ4n) is 5.96. The van der Waals surface area contributed by atoms with E-state index in [-0.39, 0.29) is 23.2 Å². The van der Waals surface area contributed by atoms with Crippen molar-refractivity contribution in [3.8, 4) is 0 Å². The van der Waals surface area contributed by atoms with E-state index in [1.807, 2.05) is 19.0 Å². The van der Waals surface area contributed by atoms with Gasteiger partial charge in [0.05, 0.1) is 0 Å². The van der Waals surface area contributed by atoms with Crippen LogP contribution in [0.2, 0.25) is 10.0 Å². The van der Waals surface area contributed by atoms with Crippen LogP contribution in [0.5, 0.6) is 0 Å². The molecule has 0 bridgehead atoms. The number of halogens is 5. The third-order valence-electron chi connectivity index (χ3n) is 7.97. The van der Waals surface area contributed by atoms with Crippen molar-refractivity contribution in [1.82, 2.24) is 14.9 Å². The van der Waals surface area contributed by atoms with Crippen molar-refractivity contribution < 1.29 is 32.4 Å². The van der Waals surface area contributed by atoms with E-state index < -0.39 is 36.0 Å². The Hall–Kier alpha value is -4.26. The summed E-state index contributed by atoms with van der Waals surface area (Å²) in [4.78, 5) is 52.4. The zero-order chi connectivity index (χ0) is 34.0. The Bertz CT molecular complexity index is 1780. The van der Waals surface area contributed by atoms with Gasteiger partial charge in [-0.3, -0.25) is 4.79 Å². The average molecular weight is 691 g/mol. The molecule has 2 N–H and O–H groups in total. The highest BCUT2D eigenvalue weighted by molar-refractivity contribution is 6.31. The Morgan fingerprint density at radius 1 is 1.04 bits per heavy atom. The molecular weight excluding hydrogens is 658 g/mol.